The van der Waals surface area contributed by atoms with E-state index < -0.39 is 16.2 Å². The Kier molecular flexibility index (Phi) is 8.34. The predicted octanol–water partition coefficient (Wildman–Crippen LogP) is 0.689. The third-order valence-corrected chi connectivity index (χ3v) is 3.65. The number of ether oxygens (including phenoxy) is 1. The van der Waals surface area contributed by atoms with E-state index in [0.717, 1.165) is 12.2 Å². The summed E-state index contributed by atoms with van der Waals surface area (Å²) in [5.74, 6) is 0.425. The molecule has 0 rings (SSSR count). The molecule has 0 heterocycles. The maximum atomic E-state index is 10.5. The van der Waals surface area contributed by atoms with Gasteiger partial charge in [-0.2, -0.15) is 0 Å². The van der Waals surface area contributed by atoms with Crippen molar-refractivity contribution in [3.63, 3.8) is 0 Å². The van der Waals surface area contributed by atoms with Crippen LogP contribution in [-0.4, -0.2) is 68.2 Å². The summed E-state index contributed by atoms with van der Waals surface area (Å²) in [6, 6.07) is 0. The van der Waals surface area contributed by atoms with Crippen molar-refractivity contribution in [2.45, 2.75) is 32.8 Å². The SMILES string of the molecule is CCC=C(C)OCC(O)C[N+](C)(C)CCCS(=O)(=O)[O-]. The Morgan fingerprint density at radius 1 is 1.45 bits per heavy atom. The number of likely N-dealkylation sites (N-methyl/N-ethyl adjacent to an activating group) is 1. The second-order valence-electron chi connectivity index (χ2n) is 5.65. The molecule has 0 radical (unpaired) electrons. The van der Waals surface area contributed by atoms with E-state index >= 15 is 0 Å². The number of hydrogen-bond donors (Lipinski definition) is 1. The fourth-order valence-electron chi connectivity index (χ4n) is 1.96. The summed E-state index contributed by atoms with van der Waals surface area (Å²) in [5, 5.41) is 9.91. The molecule has 20 heavy (non-hydrogen) atoms. The largest absolute Gasteiger partial charge is 0.748 e. The lowest BCUT2D eigenvalue weighted by molar-refractivity contribution is -0.893. The lowest BCUT2D eigenvalue weighted by Gasteiger charge is -2.32. The molecule has 0 saturated carbocycles. The average Bonchev–Trinajstić information content (AvgIpc) is 2.24. The van der Waals surface area contributed by atoms with Crippen LogP contribution in [0.15, 0.2) is 11.8 Å². The van der Waals surface area contributed by atoms with E-state index in [4.69, 9.17) is 4.74 Å². The van der Waals surface area contributed by atoms with E-state index in [1.54, 1.807) is 0 Å². The molecule has 0 aromatic carbocycles. The van der Waals surface area contributed by atoms with Crippen molar-refractivity contribution in [3.05, 3.63) is 11.8 Å². The van der Waals surface area contributed by atoms with Gasteiger partial charge in [-0.15, -0.1) is 0 Å². The highest BCUT2D eigenvalue weighted by Crippen LogP contribution is 2.05. The molecular weight excluding hydrogens is 282 g/mol. The van der Waals surface area contributed by atoms with Gasteiger partial charge in [0.1, 0.15) is 19.3 Å². The summed E-state index contributed by atoms with van der Waals surface area (Å²) >= 11 is 0. The van der Waals surface area contributed by atoms with Gasteiger partial charge in [0.2, 0.25) is 0 Å². The predicted molar refractivity (Wildman–Crippen MR) is 77.0 cm³/mol. The van der Waals surface area contributed by atoms with Crippen LogP contribution in [0.25, 0.3) is 0 Å². The van der Waals surface area contributed by atoms with Gasteiger partial charge in [-0.3, -0.25) is 0 Å². The molecule has 0 spiro atoms. The van der Waals surface area contributed by atoms with Crippen molar-refractivity contribution < 1.29 is 27.3 Å². The highest BCUT2D eigenvalue weighted by molar-refractivity contribution is 7.85. The third kappa shape index (κ3) is 11.2. The summed E-state index contributed by atoms with van der Waals surface area (Å²) in [5.41, 5.74) is 0. The molecule has 1 unspecified atom stereocenters. The van der Waals surface area contributed by atoms with Gasteiger partial charge in [0, 0.05) is 12.2 Å². The molecular formula is C13H27NO5S. The van der Waals surface area contributed by atoms with Gasteiger partial charge in [0.05, 0.1) is 36.5 Å². The van der Waals surface area contributed by atoms with Crippen molar-refractivity contribution in [3.8, 4) is 0 Å². The first-order valence-electron chi connectivity index (χ1n) is 6.79. The Morgan fingerprint density at radius 3 is 2.55 bits per heavy atom. The van der Waals surface area contributed by atoms with Crippen molar-refractivity contribution in [2.24, 2.45) is 0 Å². The van der Waals surface area contributed by atoms with Crippen molar-refractivity contribution in [2.75, 3.05) is 39.5 Å². The summed E-state index contributed by atoms with van der Waals surface area (Å²) in [4.78, 5) is 0. The maximum absolute atomic E-state index is 10.5. The number of allylic oxidation sites excluding steroid dienone is 2. The Morgan fingerprint density at radius 2 is 2.05 bits per heavy atom. The van der Waals surface area contributed by atoms with Crippen molar-refractivity contribution in [1.82, 2.24) is 0 Å². The molecule has 0 saturated heterocycles. The molecule has 0 amide bonds. The van der Waals surface area contributed by atoms with Crippen LogP contribution in [0.4, 0.5) is 0 Å². The fourth-order valence-corrected chi connectivity index (χ4v) is 2.44. The second kappa shape index (κ2) is 8.61. The maximum Gasteiger partial charge on any atom is 0.137 e. The highest BCUT2D eigenvalue weighted by atomic mass is 32.2. The standard InChI is InChI=1S/C13H27NO5S/c1-5-7-12(2)19-11-13(15)10-14(3,4)8-6-9-20(16,17)18/h7,13,15H,5-6,8-11H2,1-4H3. The molecule has 6 nitrogen and oxygen atoms in total. The van der Waals surface area contributed by atoms with Gasteiger partial charge >= 0.3 is 0 Å². The number of nitrogens with zero attached hydrogens (tertiary/aromatic N) is 1. The molecule has 0 aromatic rings. The molecule has 0 aliphatic carbocycles. The Balaban J connectivity index is 4.08. The van der Waals surface area contributed by atoms with E-state index in [0.29, 0.717) is 24.0 Å². The summed E-state index contributed by atoms with van der Waals surface area (Å²) in [6.45, 7) is 5.02. The number of hydrogen-bond acceptors (Lipinski definition) is 5. The van der Waals surface area contributed by atoms with Crippen LogP contribution in [0.5, 0.6) is 0 Å². The van der Waals surface area contributed by atoms with Crippen molar-refractivity contribution >= 4 is 10.1 Å². The molecule has 0 aliphatic rings. The number of aliphatic hydroxyl groups excluding tert-OH is 1. The van der Waals surface area contributed by atoms with Crippen molar-refractivity contribution in [1.29, 1.82) is 0 Å². The molecule has 1 N–H and O–H groups in total. The quantitative estimate of drug-likeness (QED) is 0.364. The zero-order valence-corrected chi connectivity index (χ0v) is 13.6. The van der Waals surface area contributed by atoms with E-state index in [1.165, 1.54) is 0 Å². The second-order valence-corrected chi connectivity index (χ2v) is 7.17. The smallest absolute Gasteiger partial charge is 0.137 e. The van der Waals surface area contributed by atoms with Gasteiger partial charge in [-0.05, 0) is 19.4 Å². The van der Waals surface area contributed by atoms with E-state index in [-0.39, 0.29) is 12.4 Å². The van der Waals surface area contributed by atoms with Crippen LogP contribution >= 0.6 is 0 Å². The van der Waals surface area contributed by atoms with Gasteiger partial charge in [-0.1, -0.05) is 6.92 Å². The number of quaternary nitrogens is 1. The van der Waals surface area contributed by atoms with Gasteiger partial charge in [0.15, 0.2) is 0 Å². The lowest BCUT2D eigenvalue weighted by atomic mass is 10.3. The molecule has 7 heteroatoms. The monoisotopic (exact) mass is 309 g/mol. The summed E-state index contributed by atoms with van der Waals surface area (Å²) in [7, 11) is -0.389. The summed E-state index contributed by atoms with van der Waals surface area (Å²) in [6.07, 6.45) is 2.48. The van der Waals surface area contributed by atoms with E-state index in [1.807, 2.05) is 34.0 Å². The minimum Gasteiger partial charge on any atom is -0.748 e. The average molecular weight is 309 g/mol. The minimum absolute atomic E-state index is 0.212. The first-order valence-corrected chi connectivity index (χ1v) is 8.36. The van der Waals surface area contributed by atoms with E-state index in [2.05, 4.69) is 0 Å². The van der Waals surface area contributed by atoms with Crippen LogP contribution in [0, 0.1) is 0 Å². The van der Waals surface area contributed by atoms with Gasteiger partial charge < -0.3 is 18.9 Å². The molecule has 0 aliphatic heterocycles. The van der Waals surface area contributed by atoms with Crippen LogP contribution in [0.1, 0.15) is 26.7 Å². The number of rotatable bonds is 10. The molecule has 0 fully saturated rings. The minimum atomic E-state index is -4.16. The van der Waals surface area contributed by atoms with Gasteiger partial charge in [-0.25, -0.2) is 8.42 Å². The highest BCUT2D eigenvalue weighted by Gasteiger charge is 2.21. The molecule has 1 atom stereocenters. The fraction of sp³-hybridized carbons (Fsp3) is 0.846. The number of aliphatic hydroxyl groups is 1. The first kappa shape index (κ1) is 19.4. The van der Waals surface area contributed by atoms with Crippen LogP contribution in [0.2, 0.25) is 0 Å². The van der Waals surface area contributed by atoms with E-state index in [9.17, 15) is 18.1 Å². The topological polar surface area (TPSA) is 86.7 Å². The van der Waals surface area contributed by atoms with Gasteiger partial charge in [0.25, 0.3) is 0 Å². The Labute approximate surface area is 122 Å². The summed E-state index contributed by atoms with van der Waals surface area (Å²) < 4.78 is 37.5. The zero-order valence-electron chi connectivity index (χ0n) is 12.8. The Bertz CT molecular complexity index is 403. The molecule has 120 valence electrons. The molecule has 0 aromatic heterocycles. The normalized spacial score (nSPS) is 15.2. The zero-order chi connectivity index (χ0) is 15.8. The lowest BCUT2D eigenvalue weighted by Crippen LogP contribution is -2.47. The van der Waals surface area contributed by atoms with Crippen LogP contribution < -0.4 is 0 Å². The molecule has 0 bridgehead atoms. The van der Waals surface area contributed by atoms with Crippen LogP contribution in [-0.2, 0) is 14.9 Å². The third-order valence-electron chi connectivity index (χ3n) is 2.86. The first-order chi connectivity index (χ1) is 9.06. The Hall–Kier alpha value is -0.630. The van der Waals surface area contributed by atoms with Crippen LogP contribution in [0.3, 0.4) is 0 Å².